The molecule has 0 unspecified atom stereocenters. The van der Waals surface area contributed by atoms with E-state index in [4.69, 9.17) is 14.2 Å². The van der Waals surface area contributed by atoms with Gasteiger partial charge < -0.3 is 24.0 Å². The largest absolute Gasteiger partial charge is 0.493 e. The van der Waals surface area contributed by atoms with Gasteiger partial charge in [0.1, 0.15) is 24.7 Å². The lowest BCUT2D eigenvalue weighted by Crippen LogP contribution is -2.46. The highest BCUT2D eigenvalue weighted by Gasteiger charge is 2.18. The van der Waals surface area contributed by atoms with E-state index in [0.29, 0.717) is 48.1 Å². The van der Waals surface area contributed by atoms with Crippen LogP contribution in [0.3, 0.4) is 0 Å². The molecule has 1 amide bonds. The van der Waals surface area contributed by atoms with Crippen LogP contribution >= 0.6 is 0 Å². The minimum Gasteiger partial charge on any atom is -0.493 e. The van der Waals surface area contributed by atoms with Crippen LogP contribution in [0.1, 0.15) is 125 Å². The molecule has 7 heteroatoms. The molecule has 1 N–H and O–H groups in total. The molecule has 44 heavy (non-hydrogen) atoms. The number of rotatable bonds is 24. The first-order valence-corrected chi connectivity index (χ1v) is 17.2. The summed E-state index contributed by atoms with van der Waals surface area (Å²) in [6.45, 7) is 13.1. The van der Waals surface area contributed by atoms with E-state index in [1.807, 2.05) is 12.1 Å². The zero-order valence-corrected chi connectivity index (χ0v) is 28.3. The summed E-state index contributed by atoms with van der Waals surface area (Å²) in [5.41, 5.74) is 1.51. The van der Waals surface area contributed by atoms with E-state index >= 15 is 0 Å². The third kappa shape index (κ3) is 14.1. The lowest BCUT2D eigenvalue weighted by atomic mass is 10.1. The van der Waals surface area contributed by atoms with Crippen molar-refractivity contribution >= 4 is 17.6 Å². The monoisotopic (exact) mass is 611 g/mol. The second-order valence-corrected chi connectivity index (χ2v) is 12.0. The standard InChI is InChI=1S/C37H58N2O5/c1-6-10-12-14-16-18-27-42-33-24-25-34(35(30-33)43-28-19-17-15-13-11-7-2)36(40)38-32-22-20-31(21-23-32)37(41)44-29-26-39(5,8-3)9-4/h20-25,30H,6-19,26-29H2,1-5H3/p+1. The topological polar surface area (TPSA) is 73.9 Å². The summed E-state index contributed by atoms with van der Waals surface area (Å²) in [6, 6.07) is 12.3. The zero-order valence-electron chi connectivity index (χ0n) is 28.3. The number of amides is 1. The quantitative estimate of drug-likeness (QED) is 0.0728. The van der Waals surface area contributed by atoms with Crippen molar-refractivity contribution in [3.05, 3.63) is 53.6 Å². The van der Waals surface area contributed by atoms with Gasteiger partial charge in [-0.15, -0.1) is 0 Å². The van der Waals surface area contributed by atoms with Gasteiger partial charge in [-0.1, -0.05) is 78.1 Å². The fraction of sp³-hybridized carbons (Fsp3) is 0.622. The third-order valence-electron chi connectivity index (χ3n) is 8.49. The number of carbonyl (C=O) groups is 2. The van der Waals surface area contributed by atoms with Gasteiger partial charge in [-0.05, 0) is 63.1 Å². The Morgan fingerprint density at radius 3 is 1.84 bits per heavy atom. The number of unbranched alkanes of at least 4 members (excludes halogenated alkanes) is 10. The average molecular weight is 612 g/mol. The molecule has 0 saturated heterocycles. The average Bonchev–Trinajstić information content (AvgIpc) is 3.04. The summed E-state index contributed by atoms with van der Waals surface area (Å²) in [6.07, 6.45) is 14.2. The second-order valence-electron chi connectivity index (χ2n) is 12.0. The van der Waals surface area contributed by atoms with Gasteiger partial charge in [-0.25, -0.2) is 4.79 Å². The van der Waals surface area contributed by atoms with Crippen molar-refractivity contribution in [2.24, 2.45) is 0 Å². The minimum absolute atomic E-state index is 0.267. The van der Waals surface area contributed by atoms with Gasteiger partial charge in [-0.2, -0.15) is 0 Å². The van der Waals surface area contributed by atoms with Gasteiger partial charge in [0.15, 0.2) is 0 Å². The van der Waals surface area contributed by atoms with E-state index in [0.717, 1.165) is 49.8 Å². The van der Waals surface area contributed by atoms with E-state index in [9.17, 15) is 9.59 Å². The van der Waals surface area contributed by atoms with Crippen LogP contribution in [0, 0.1) is 0 Å². The molecule has 0 atom stereocenters. The Morgan fingerprint density at radius 1 is 0.682 bits per heavy atom. The molecule has 246 valence electrons. The highest BCUT2D eigenvalue weighted by Crippen LogP contribution is 2.27. The summed E-state index contributed by atoms with van der Waals surface area (Å²) in [5.74, 6) is 0.620. The van der Waals surface area contributed by atoms with Gasteiger partial charge in [0, 0.05) is 11.8 Å². The number of likely N-dealkylation sites (N-methyl/N-ethyl adjacent to an activating group) is 1. The molecule has 0 heterocycles. The fourth-order valence-corrected chi connectivity index (χ4v) is 4.91. The normalized spacial score (nSPS) is 11.3. The summed E-state index contributed by atoms with van der Waals surface area (Å²) < 4.78 is 18.5. The fourth-order valence-electron chi connectivity index (χ4n) is 4.91. The molecule has 0 fully saturated rings. The molecule has 2 rings (SSSR count). The number of hydrogen-bond donors (Lipinski definition) is 1. The predicted octanol–water partition coefficient (Wildman–Crippen LogP) is 9.06. The van der Waals surface area contributed by atoms with E-state index in [-0.39, 0.29) is 11.9 Å². The van der Waals surface area contributed by atoms with Gasteiger partial charge >= 0.3 is 5.97 Å². The number of carbonyl (C=O) groups excluding carboxylic acids is 2. The van der Waals surface area contributed by atoms with E-state index in [2.05, 4.69) is 40.1 Å². The van der Waals surface area contributed by atoms with Crippen molar-refractivity contribution in [3.8, 4) is 11.5 Å². The first-order valence-electron chi connectivity index (χ1n) is 17.2. The summed E-state index contributed by atoms with van der Waals surface area (Å²) >= 11 is 0. The maximum Gasteiger partial charge on any atom is 0.338 e. The Labute approximate surface area is 267 Å². The molecule has 2 aromatic rings. The SMILES string of the molecule is CCCCCCCCOc1ccc(C(=O)Nc2ccc(C(=O)OCC[N+](C)(CC)CC)cc2)c(OCCCCCCCC)c1. The molecule has 0 saturated carbocycles. The summed E-state index contributed by atoms with van der Waals surface area (Å²) in [4.78, 5) is 25.9. The van der Waals surface area contributed by atoms with Gasteiger partial charge in [0.2, 0.25) is 0 Å². The molecule has 0 aliphatic rings. The van der Waals surface area contributed by atoms with Crippen LogP contribution in [0.5, 0.6) is 11.5 Å². The Morgan fingerprint density at radius 2 is 1.25 bits per heavy atom. The highest BCUT2D eigenvalue weighted by atomic mass is 16.5. The van der Waals surface area contributed by atoms with Crippen LogP contribution in [0.15, 0.2) is 42.5 Å². The summed E-state index contributed by atoms with van der Waals surface area (Å²) in [5, 5.41) is 2.95. The Bertz CT molecular complexity index is 1080. The number of benzene rings is 2. The van der Waals surface area contributed by atoms with Crippen LogP contribution in [-0.2, 0) is 4.74 Å². The Balaban J connectivity index is 1.98. The molecule has 0 bridgehead atoms. The number of nitrogens with one attached hydrogen (secondary N) is 1. The van der Waals surface area contributed by atoms with Crippen molar-refractivity contribution in [1.82, 2.24) is 0 Å². The molecule has 0 spiro atoms. The van der Waals surface area contributed by atoms with Crippen molar-refractivity contribution < 1.29 is 28.3 Å². The Kier molecular flexibility index (Phi) is 18.2. The number of ether oxygens (including phenoxy) is 3. The number of anilines is 1. The van der Waals surface area contributed by atoms with Crippen molar-refractivity contribution in [3.63, 3.8) is 0 Å². The maximum absolute atomic E-state index is 13.3. The van der Waals surface area contributed by atoms with E-state index in [1.165, 1.54) is 51.4 Å². The Hall–Kier alpha value is -3.06. The van der Waals surface area contributed by atoms with Crippen LogP contribution in [-0.4, -0.2) is 62.9 Å². The molecule has 0 aromatic heterocycles. The number of quaternary nitrogens is 1. The first-order chi connectivity index (χ1) is 21.4. The van der Waals surface area contributed by atoms with E-state index in [1.54, 1.807) is 30.3 Å². The van der Waals surface area contributed by atoms with Crippen molar-refractivity contribution in [2.45, 2.75) is 105 Å². The molecule has 0 aliphatic carbocycles. The van der Waals surface area contributed by atoms with Crippen LogP contribution in [0.4, 0.5) is 5.69 Å². The minimum atomic E-state index is -0.358. The van der Waals surface area contributed by atoms with Gasteiger partial charge in [-0.3, -0.25) is 4.79 Å². The van der Waals surface area contributed by atoms with Crippen LogP contribution < -0.4 is 14.8 Å². The molecule has 2 aromatic carbocycles. The lowest BCUT2D eigenvalue weighted by molar-refractivity contribution is -0.906. The smallest absolute Gasteiger partial charge is 0.338 e. The van der Waals surface area contributed by atoms with Gasteiger partial charge in [0.25, 0.3) is 5.91 Å². The van der Waals surface area contributed by atoms with Crippen LogP contribution in [0.2, 0.25) is 0 Å². The van der Waals surface area contributed by atoms with E-state index < -0.39 is 0 Å². The molecule has 0 aliphatic heterocycles. The molecule has 0 radical (unpaired) electrons. The third-order valence-corrected chi connectivity index (χ3v) is 8.49. The predicted molar refractivity (Wildman–Crippen MR) is 181 cm³/mol. The first kappa shape index (κ1) is 37.1. The van der Waals surface area contributed by atoms with Crippen LogP contribution in [0.25, 0.3) is 0 Å². The number of hydrogen-bond acceptors (Lipinski definition) is 5. The maximum atomic E-state index is 13.3. The molecular weight excluding hydrogens is 552 g/mol. The lowest BCUT2D eigenvalue weighted by Gasteiger charge is -2.31. The molecular formula is C37H59N2O5+. The number of esters is 1. The summed E-state index contributed by atoms with van der Waals surface area (Å²) in [7, 11) is 2.16. The second kappa shape index (κ2) is 21.6. The number of nitrogens with zero attached hydrogens (tertiary/aromatic N) is 1. The molecule has 7 nitrogen and oxygen atoms in total. The van der Waals surface area contributed by atoms with Crippen molar-refractivity contribution in [2.75, 3.05) is 51.8 Å². The zero-order chi connectivity index (χ0) is 32.0. The van der Waals surface area contributed by atoms with Crippen molar-refractivity contribution in [1.29, 1.82) is 0 Å². The highest BCUT2D eigenvalue weighted by molar-refractivity contribution is 6.06. The van der Waals surface area contributed by atoms with Gasteiger partial charge in [0.05, 0.1) is 44.5 Å².